The fourth-order valence-corrected chi connectivity index (χ4v) is 1.95. The van der Waals surface area contributed by atoms with Crippen LogP contribution in [0.1, 0.15) is 30.9 Å². The minimum atomic E-state index is -0.375. The lowest BCUT2D eigenvalue weighted by molar-refractivity contribution is -0.121. The predicted molar refractivity (Wildman–Crippen MR) is 72.3 cm³/mol. The molecule has 0 saturated heterocycles. The number of rotatable bonds is 6. The molecule has 3 N–H and O–H groups in total. The van der Waals surface area contributed by atoms with Gasteiger partial charge < -0.3 is 20.5 Å². The van der Waals surface area contributed by atoms with Crippen molar-refractivity contribution in [1.82, 2.24) is 5.32 Å². The SMILES string of the molecule is COc1ccc(C(N)CC(=O)NC2CC2)c(OC)c1. The van der Waals surface area contributed by atoms with Gasteiger partial charge in [-0.25, -0.2) is 0 Å². The van der Waals surface area contributed by atoms with Crippen LogP contribution in [-0.4, -0.2) is 26.2 Å². The molecule has 104 valence electrons. The zero-order chi connectivity index (χ0) is 13.8. The number of carbonyl (C=O) groups excluding carboxylic acids is 1. The average Bonchev–Trinajstić information content (AvgIpc) is 3.21. The van der Waals surface area contributed by atoms with Gasteiger partial charge in [0.1, 0.15) is 11.5 Å². The van der Waals surface area contributed by atoms with Crippen LogP contribution in [0.3, 0.4) is 0 Å². The summed E-state index contributed by atoms with van der Waals surface area (Å²) in [6.07, 6.45) is 2.42. The Balaban J connectivity index is 2.04. The highest BCUT2D eigenvalue weighted by Crippen LogP contribution is 2.30. The summed E-state index contributed by atoms with van der Waals surface area (Å²) in [5, 5.41) is 2.93. The van der Waals surface area contributed by atoms with Crippen molar-refractivity contribution in [1.29, 1.82) is 0 Å². The summed E-state index contributed by atoms with van der Waals surface area (Å²) in [5.41, 5.74) is 6.89. The van der Waals surface area contributed by atoms with Crippen LogP contribution in [-0.2, 0) is 4.79 Å². The Hall–Kier alpha value is -1.75. The van der Waals surface area contributed by atoms with Crippen LogP contribution in [0.15, 0.2) is 18.2 Å². The van der Waals surface area contributed by atoms with Crippen LogP contribution in [0.5, 0.6) is 11.5 Å². The van der Waals surface area contributed by atoms with Crippen molar-refractivity contribution in [2.24, 2.45) is 5.73 Å². The molecule has 1 aliphatic rings. The van der Waals surface area contributed by atoms with E-state index >= 15 is 0 Å². The molecule has 5 heteroatoms. The molecule has 1 aliphatic carbocycles. The summed E-state index contributed by atoms with van der Waals surface area (Å²) in [6.45, 7) is 0. The molecular weight excluding hydrogens is 244 g/mol. The maximum absolute atomic E-state index is 11.7. The molecule has 19 heavy (non-hydrogen) atoms. The first-order chi connectivity index (χ1) is 9.13. The van der Waals surface area contributed by atoms with Crippen molar-refractivity contribution in [3.05, 3.63) is 23.8 Å². The lowest BCUT2D eigenvalue weighted by Gasteiger charge is -2.16. The van der Waals surface area contributed by atoms with Crippen molar-refractivity contribution in [2.45, 2.75) is 31.3 Å². The Morgan fingerprint density at radius 3 is 2.74 bits per heavy atom. The van der Waals surface area contributed by atoms with E-state index in [4.69, 9.17) is 15.2 Å². The highest BCUT2D eigenvalue weighted by atomic mass is 16.5. The third-order valence-corrected chi connectivity index (χ3v) is 3.19. The molecule has 5 nitrogen and oxygen atoms in total. The zero-order valence-corrected chi connectivity index (χ0v) is 11.3. The van der Waals surface area contributed by atoms with Gasteiger partial charge in [-0.2, -0.15) is 0 Å². The van der Waals surface area contributed by atoms with Crippen LogP contribution in [0, 0.1) is 0 Å². The number of nitrogens with one attached hydrogen (secondary N) is 1. The molecule has 1 saturated carbocycles. The molecule has 1 unspecified atom stereocenters. The number of hydrogen-bond acceptors (Lipinski definition) is 4. The van der Waals surface area contributed by atoms with Crippen LogP contribution in [0.25, 0.3) is 0 Å². The molecular formula is C14H20N2O3. The van der Waals surface area contributed by atoms with Crippen molar-refractivity contribution in [3.8, 4) is 11.5 Å². The first kappa shape index (κ1) is 13.7. The van der Waals surface area contributed by atoms with E-state index in [0.29, 0.717) is 17.5 Å². The van der Waals surface area contributed by atoms with Gasteiger partial charge in [-0.15, -0.1) is 0 Å². The smallest absolute Gasteiger partial charge is 0.222 e. The van der Waals surface area contributed by atoms with Gasteiger partial charge in [0.05, 0.1) is 14.2 Å². The molecule has 1 aromatic rings. The summed E-state index contributed by atoms with van der Waals surface area (Å²) in [5.74, 6) is 1.34. The second-order valence-corrected chi connectivity index (χ2v) is 4.76. The van der Waals surface area contributed by atoms with E-state index in [9.17, 15) is 4.79 Å². The van der Waals surface area contributed by atoms with Crippen molar-refractivity contribution in [3.63, 3.8) is 0 Å². The summed E-state index contributed by atoms with van der Waals surface area (Å²) in [4.78, 5) is 11.7. The highest BCUT2D eigenvalue weighted by molar-refractivity contribution is 5.77. The van der Waals surface area contributed by atoms with E-state index < -0.39 is 0 Å². The van der Waals surface area contributed by atoms with Gasteiger partial charge in [-0.05, 0) is 18.9 Å². The molecule has 0 spiro atoms. The molecule has 0 aromatic heterocycles. The van der Waals surface area contributed by atoms with E-state index in [1.807, 2.05) is 12.1 Å². The monoisotopic (exact) mass is 264 g/mol. The van der Waals surface area contributed by atoms with Crippen LogP contribution < -0.4 is 20.5 Å². The third-order valence-electron chi connectivity index (χ3n) is 3.19. The second-order valence-electron chi connectivity index (χ2n) is 4.76. The third kappa shape index (κ3) is 3.61. The molecule has 0 heterocycles. The quantitative estimate of drug-likeness (QED) is 0.814. The van der Waals surface area contributed by atoms with Crippen LogP contribution in [0.2, 0.25) is 0 Å². The fourth-order valence-electron chi connectivity index (χ4n) is 1.95. The first-order valence-corrected chi connectivity index (χ1v) is 6.41. The molecule has 0 aliphatic heterocycles. The van der Waals surface area contributed by atoms with Gasteiger partial charge >= 0.3 is 0 Å². The molecule has 1 atom stereocenters. The molecule has 1 aromatic carbocycles. The standard InChI is InChI=1S/C14H20N2O3/c1-18-10-5-6-11(13(7-10)19-2)12(15)8-14(17)16-9-3-4-9/h5-7,9,12H,3-4,8,15H2,1-2H3,(H,16,17). The zero-order valence-electron chi connectivity index (χ0n) is 11.3. The fraction of sp³-hybridized carbons (Fsp3) is 0.500. The number of benzene rings is 1. The minimum Gasteiger partial charge on any atom is -0.497 e. The Kier molecular flexibility index (Phi) is 4.27. The number of carbonyl (C=O) groups is 1. The number of nitrogens with two attached hydrogens (primary N) is 1. The Bertz CT molecular complexity index is 458. The topological polar surface area (TPSA) is 73.6 Å². The lowest BCUT2D eigenvalue weighted by Crippen LogP contribution is -2.29. The number of hydrogen-bond donors (Lipinski definition) is 2. The van der Waals surface area contributed by atoms with E-state index in [1.165, 1.54) is 0 Å². The molecule has 2 rings (SSSR count). The van der Waals surface area contributed by atoms with Gasteiger partial charge in [0.25, 0.3) is 0 Å². The summed E-state index contributed by atoms with van der Waals surface area (Å²) >= 11 is 0. The van der Waals surface area contributed by atoms with Crippen LogP contribution >= 0.6 is 0 Å². The van der Waals surface area contributed by atoms with Gasteiger partial charge in [-0.3, -0.25) is 4.79 Å². The average molecular weight is 264 g/mol. The number of methoxy groups -OCH3 is 2. The maximum Gasteiger partial charge on any atom is 0.222 e. The Morgan fingerprint density at radius 1 is 1.42 bits per heavy atom. The van der Waals surface area contributed by atoms with Gasteiger partial charge in [-0.1, -0.05) is 6.07 Å². The second kappa shape index (κ2) is 5.93. The molecule has 1 amide bonds. The summed E-state index contributed by atoms with van der Waals surface area (Å²) < 4.78 is 10.4. The number of amides is 1. The maximum atomic E-state index is 11.7. The normalized spacial score (nSPS) is 15.7. The largest absolute Gasteiger partial charge is 0.497 e. The molecule has 0 bridgehead atoms. The van der Waals surface area contributed by atoms with E-state index in [1.54, 1.807) is 20.3 Å². The Labute approximate surface area is 113 Å². The van der Waals surface area contributed by atoms with E-state index in [-0.39, 0.29) is 18.4 Å². The first-order valence-electron chi connectivity index (χ1n) is 6.41. The summed E-state index contributed by atoms with van der Waals surface area (Å²) in [7, 11) is 3.17. The van der Waals surface area contributed by atoms with Gasteiger partial charge in [0, 0.05) is 30.1 Å². The van der Waals surface area contributed by atoms with Gasteiger partial charge in [0.15, 0.2) is 0 Å². The van der Waals surface area contributed by atoms with E-state index in [0.717, 1.165) is 18.4 Å². The lowest BCUT2D eigenvalue weighted by atomic mass is 10.0. The van der Waals surface area contributed by atoms with Crippen molar-refractivity contribution < 1.29 is 14.3 Å². The molecule has 0 radical (unpaired) electrons. The van der Waals surface area contributed by atoms with Crippen molar-refractivity contribution >= 4 is 5.91 Å². The van der Waals surface area contributed by atoms with Crippen LogP contribution in [0.4, 0.5) is 0 Å². The number of ether oxygens (including phenoxy) is 2. The summed E-state index contributed by atoms with van der Waals surface area (Å²) in [6, 6.07) is 5.41. The predicted octanol–water partition coefficient (Wildman–Crippen LogP) is 1.37. The molecule has 1 fully saturated rings. The minimum absolute atomic E-state index is 0.00660. The van der Waals surface area contributed by atoms with E-state index in [2.05, 4.69) is 5.32 Å². The van der Waals surface area contributed by atoms with Crippen molar-refractivity contribution in [2.75, 3.05) is 14.2 Å². The Morgan fingerprint density at radius 2 is 2.16 bits per heavy atom. The highest BCUT2D eigenvalue weighted by Gasteiger charge is 2.24. The van der Waals surface area contributed by atoms with Gasteiger partial charge in [0.2, 0.25) is 5.91 Å².